The Hall–Kier alpha value is -4.16. The lowest BCUT2D eigenvalue weighted by Crippen LogP contribution is -2.41. The van der Waals surface area contributed by atoms with Crippen molar-refractivity contribution in [3.8, 4) is 0 Å². The number of likely N-dealkylation sites (tertiary alicyclic amines) is 1. The maximum Gasteiger partial charge on any atom is 0.433 e. The zero-order chi connectivity index (χ0) is 28.5. The molecular formula is C26H28F3N5O5. The van der Waals surface area contributed by atoms with Crippen LogP contribution in [0.1, 0.15) is 71.8 Å². The first-order valence-corrected chi connectivity index (χ1v) is 12.2. The molecule has 4 rings (SSSR count). The number of pyridine rings is 2. The number of ether oxygens (including phenoxy) is 2. The van der Waals surface area contributed by atoms with Crippen LogP contribution in [0, 0.1) is 0 Å². The number of carbonyl (C=O) groups is 3. The first-order chi connectivity index (χ1) is 18.2. The van der Waals surface area contributed by atoms with Crippen LogP contribution in [0.15, 0.2) is 36.7 Å². The summed E-state index contributed by atoms with van der Waals surface area (Å²) in [5.41, 5.74) is -1.13. The fourth-order valence-corrected chi connectivity index (χ4v) is 4.22. The van der Waals surface area contributed by atoms with Gasteiger partial charge in [0.05, 0.1) is 24.1 Å². The van der Waals surface area contributed by atoms with E-state index < -0.39 is 35.0 Å². The van der Waals surface area contributed by atoms with Crippen LogP contribution in [0.5, 0.6) is 0 Å². The van der Waals surface area contributed by atoms with Crippen molar-refractivity contribution in [2.45, 2.75) is 51.3 Å². The number of anilines is 1. The number of rotatable bonds is 4. The Morgan fingerprint density at radius 3 is 2.36 bits per heavy atom. The number of alkyl halides is 3. The van der Waals surface area contributed by atoms with Gasteiger partial charge in [-0.05, 0) is 51.8 Å². The first-order valence-electron chi connectivity index (χ1n) is 12.2. The molecule has 0 saturated carbocycles. The second-order valence-electron chi connectivity index (χ2n) is 10.1. The lowest BCUT2D eigenvalue weighted by Gasteiger charge is -2.32. The highest BCUT2D eigenvalue weighted by molar-refractivity contribution is 6.07. The zero-order valence-corrected chi connectivity index (χ0v) is 21.8. The Kier molecular flexibility index (Phi) is 7.53. The quantitative estimate of drug-likeness (QED) is 0.462. The van der Waals surface area contributed by atoms with E-state index in [0.717, 1.165) is 23.9 Å². The number of fused-ring (bicyclic) bond motifs is 1. The second kappa shape index (κ2) is 10.5. The SMILES string of the molecule is COC(=O)c1cc2nc(C3CCN(C(=O)OC(C)(C)C)CC3)cn2cc1NC(=O)c1cccc(C(F)(F)F)n1. The van der Waals surface area contributed by atoms with Crippen LogP contribution in [0.2, 0.25) is 0 Å². The molecule has 10 nitrogen and oxygen atoms in total. The van der Waals surface area contributed by atoms with Gasteiger partial charge in [0, 0.05) is 31.4 Å². The molecule has 2 amide bonds. The van der Waals surface area contributed by atoms with E-state index in [-0.39, 0.29) is 23.3 Å². The molecule has 13 heteroatoms. The molecule has 1 N–H and O–H groups in total. The summed E-state index contributed by atoms with van der Waals surface area (Å²) in [7, 11) is 1.17. The maximum absolute atomic E-state index is 13.0. The molecule has 0 aliphatic carbocycles. The minimum Gasteiger partial charge on any atom is -0.465 e. The summed E-state index contributed by atoms with van der Waals surface area (Å²) in [5, 5.41) is 2.46. The van der Waals surface area contributed by atoms with E-state index in [1.54, 1.807) is 15.5 Å². The van der Waals surface area contributed by atoms with E-state index in [0.29, 0.717) is 31.6 Å². The van der Waals surface area contributed by atoms with Crippen molar-refractivity contribution in [2.75, 3.05) is 25.5 Å². The summed E-state index contributed by atoms with van der Waals surface area (Å²) in [4.78, 5) is 47.3. The minimum atomic E-state index is -4.72. The molecule has 3 aromatic heterocycles. The maximum atomic E-state index is 13.0. The highest BCUT2D eigenvalue weighted by Crippen LogP contribution is 2.30. The molecule has 4 heterocycles. The van der Waals surface area contributed by atoms with Gasteiger partial charge >= 0.3 is 18.2 Å². The molecule has 3 aromatic rings. The number of hydrogen-bond acceptors (Lipinski definition) is 7. The topological polar surface area (TPSA) is 115 Å². The molecule has 1 aliphatic rings. The van der Waals surface area contributed by atoms with Crippen LogP contribution in [0.3, 0.4) is 0 Å². The molecular weight excluding hydrogens is 519 g/mol. The van der Waals surface area contributed by atoms with Gasteiger partial charge in [-0.2, -0.15) is 13.2 Å². The summed E-state index contributed by atoms with van der Waals surface area (Å²) in [6.45, 7) is 6.41. The third kappa shape index (κ3) is 6.47. The lowest BCUT2D eigenvalue weighted by molar-refractivity contribution is -0.141. The summed E-state index contributed by atoms with van der Waals surface area (Å²) < 4.78 is 51.0. The lowest BCUT2D eigenvalue weighted by atomic mass is 9.94. The van der Waals surface area contributed by atoms with Gasteiger partial charge in [-0.3, -0.25) is 4.79 Å². The van der Waals surface area contributed by atoms with Gasteiger partial charge in [0.25, 0.3) is 5.91 Å². The number of piperidine rings is 1. The van der Waals surface area contributed by atoms with Gasteiger partial charge in [0.2, 0.25) is 0 Å². The van der Waals surface area contributed by atoms with Crippen molar-refractivity contribution in [1.82, 2.24) is 19.3 Å². The number of carbonyl (C=O) groups excluding carboxylic acids is 3. The number of amides is 2. The highest BCUT2D eigenvalue weighted by Gasteiger charge is 2.33. The summed E-state index contributed by atoms with van der Waals surface area (Å²) in [6, 6.07) is 4.40. The van der Waals surface area contributed by atoms with Gasteiger partial charge in [0.1, 0.15) is 22.6 Å². The third-order valence-corrected chi connectivity index (χ3v) is 6.10. The van der Waals surface area contributed by atoms with E-state index in [1.165, 1.54) is 19.4 Å². The smallest absolute Gasteiger partial charge is 0.433 e. The monoisotopic (exact) mass is 547 g/mol. The minimum absolute atomic E-state index is 0.0160. The number of aromatic nitrogens is 3. The third-order valence-electron chi connectivity index (χ3n) is 6.10. The van der Waals surface area contributed by atoms with Gasteiger partial charge in [-0.25, -0.2) is 19.6 Å². The first kappa shape index (κ1) is 27.9. The number of halogens is 3. The molecule has 0 radical (unpaired) electrons. The average Bonchev–Trinajstić information content (AvgIpc) is 3.29. The molecule has 0 unspecified atom stereocenters. The van der Waals surface area contributed by atoms with Gasteiger partial charge < -0.3 is 24.1 Å². The van der Waals surface area contributed by atoms with Crippen molar-refractivity contribution >= 4 is 29.3 Å². The van der Waals surface area contributed by atoms with Gasteiger partial charge in [-0.1, -0.05) is 6.07 Å². The van der Waals surface area contributed by atoms with Crippen molar-refractivity contribution < 1.29 is 37.0 Å². The molecule has 0 aromatic carbocycles. The summed E-state index contributed by atoms with van der Waals surface area (Å²) in [5.74, 6) is -1.65. The van der Waals surface area contributed by atoms with Crippen molar-refractivity contribution in [1.29, 1.82) is 0 Å². The second-order valence-corrected chi connectivity index (χ2v) is 10.1. The predicted octanol–water partition coefficient (Wildman–Crippen LogP) is 4.90. The molecule has 1 saturated heterocycles. The van der Waals surface area contributed by atoms with Crippen LogP contribution in [0.4, 0.5) is 23.7 Å². The Balaban J connectivity index is 1.56. The summed E-state index contributed by atoms with van der Waals surface area (Å²) >= 11 is 0. The van der Waals surface area contributed by atoms with E-state index in [9.17, 15) is 27.6 Å². The fourth-order valence-electron chi connectivity index (χ4n) is 4.22. The molecule has 1 aliphatic heterocycles. The predicted molar refractivity (Wildman–Crippen MR) is 134 cm³/mol. The Morgan fingerprint density at radius 1 is 1.05 bits per heavy atom. The fraction of sp³-hybridized carbons (Fsp3) is 0.423. The van der Waals surface area contributed by atoms with E-state index in [1.807, 2.05) is 20.8 Å². The number of hydrogen-bond donors (Lipinski definition) is 1. The van der Waals surface area contributed by atoms with E-state index in [4.69, 9.17) is 9.47 Å². The zero-order valence-electron chi connectivity index (χ0n) is 21.8. The van der Waals surface area contributed by atoms with E-state index >= 15 is 0 Å². The van der Waals surface area contributed by atoms with Crippen LogP contribution in [0.25, 0.3) is 5.65 Å². The van der Waals surface area contributed by atoms with E-state index in [2.05, 4.69) is 15.3 Å². The molecule has 0 atom stereocenters. The molecule has 39 heavy (non-hydrogen) atoms. The molecule has 208 valence electrons. The number of nitrogens with zero attached hydrogens (tertiary/aromatic N) is 4. The largest absolute Gasteiger partial charge is 0.465 e. The van der Waals surface area contributed by atoms with Gasteiger partial charge in [-0.15, -0.1) is 0 Å². The number of nitrogens with one attached hydrogen (secondary N) is 1. The molecule has 0 spiro atoms. The van der Waals surface area contributed by atoms with Crippen molar-refractivity contribution in [2.24, 2.45) is 0 Å². The number of imidazole rings is 1. The highest BCUT2D eigenvalue weighted by atomic mass is 19.4. The van der Waals surface area contributed by atoms with Crippen LogP contribution < -0.4 is 5.32 Å². The standard InChI is InChI=1S/C26H28F3N5O5/c1-25(2,3)39-24(37)33-10-8-15(9-11-33)18-13-34-14-19(16(23(36)38-4)12-21(34)31-18)32-22(35)17-6-5-7-20(30-17)26(27,28)29/h5-7,12-15H,8-11H2,1-4H3,(H,32,35). The van der Waals surface area contributed by atoms with Crippen LogP contribution in [-0.2, 0) is 15.7 Å². The Morgan fingerprint density at radius 2 is 1.74 bits per heavy atom. The number of esters is 1. The summed E-state index contributed by atoms with van der Waals surface area (Å²) in [6.07, 6.45) is -0.589. The Bertz CT molecular complexity index is 1410. The van der Waals surface area contributed by atoms with Crippen molar-refractivity contribution in [3.63, 3.8) is 0 Å². The van der Waals surface area contributed by atoms with Crippen LogP contribution in [-0.4, -0.2) is 63.0 Å². The normalized spacial score (nSPS) is 14.8. The Labute approximate surface area is 222 Å². The average molecular weight is 548 g/mol. The number of methoxy groups -OCH3 is 1. The molecule has 0 bridgehead atoms. The van der Waals surface area contributed by atoms with Gasteiger partial charge in [0.15, 0.2) is 0 Å². The molecule has 1 fully saturated rings. The van der Waals surface area contributed by atoms with Crippen LogP contribution >= 0.6 is 0 Å². The van der Waals surface area contributed by atoms with Crippen molar-refractivity contribution in [3.05, 3.63) is 59.3 Å².